The number of pyridine rings is 1. The van der Waals surface area contributed by atoms with Crippen molar-refractivity contribution in [1.82, 2.24) is 25.1 Å². The van der Waals surface area contributed by atoms with Gasteiger partial charge < -0.3 is 15.6 Å². The van der Waals surface area contributed by atoms with E-state index >= 15 is 8.78 Å². The molecule has 0 aliphatic carbocycles. The molecular formula is C28H28F2N6. The van der Waals surface area contributed by atoms with Gasteiger partial charge in [0.2, 0.25) is 0 Å². The lowest BCUT2D eigenvalue weighted by Crippen LogP contribution is -2.30. The maximum atomic E-state index is 15.0. The van der Waals surface area contributed by atoms with Crippen molar-refractivity contribution < 1.29 is 8.78 Å². The molecule has 0 atom stereocenters. The first kappa shape index (κ1) is 22.7. The van der Waals surface area contributed by atoms with E-state index in [9.17, 15) is 0 Å². The summed E-state index contributed by atoms with van der Waals surface area (Å²) in [5, 5.41) is 8.67. The van der Waals surface area contributed by atoms with E-state index in [0.29, 0.717) is 29.1 Å². The molecule has 0 bridgehead atoms. The molecule has 5 aromatic rings. The maximum Gasteiger partial charge on any atom is 0.153 e. The molecule has 1 fully saturated rings. The van der Waals surface area contributed by atoms with E-state index in [0.717, 1.165) is 53.5 Å². The number of hydrogen-bond donors (Lipinski definition) is 3. The van der Waals surface area contributed by atoms with E-state index in [1.54, 1.807) is 6.20 Å². The zero-order chi connectivity index (χ0) is 24.6. The number of H-pyrrole nitrogens is 2. The van der Waals surface area contributed by atoms with Gasteiger partial charge in [0.05, 0.1) is 5.52 Å². The number of rotatable bonds is 6. The molecule has 1 aliphatic heterocycles. The van der Waals surface area contributed by atoms with Gasteiger partial charge in [-0.1, -0.05) is 12.5 Å². The molecule has 8 heteroatoms. The molecule has 0 unspecified atom stereocenters. The number of piperidine rings is 1. The Morgan fingerprint density at radius 2 is 1.72 bits per heavy atom. The molecule has 4 heterocycles. The summed E-state index contributed by atoms with van der Waals surface area (Å²) < 4.78 is 30.0. The second-order valence-electron chi connectivity index (χ2n) is 9.60. The zero-order valence-corrected chi connectivity index (χ0v) is 20.0. The molecule has 36 heavy (non-hydrogen) atoms. The fourth-order valence-corrected chi connectivity index (χ4v) is 5.30. The third-order valence-corrected chi connectivity index (χ3v) is 7.24. The van der Waals surface area contributed by atoms with Crippen molar-refractivity contribution in [3.63, 3.8) is 0 Å². The molecule has 2 aromatic carbocycles. The lowest BCUT2D eigenvalue weighted by Gasteiger charge is -2.26. The van der Waals surface area contributed by atoms with Gasteiger partial charge in [-0.3, -0.25) is 5.10 Å². The summed E-state index contributed by atoms with van der Waals surface area (Å²) in [5.41, 5.74) is 10.6. The lowest BCUT2D eigenvalue weighted by atomic mass is 10.0. The molecule has 1 saturated heterocycles. The van der Waals surface area contributed by atoms with Gasteiger partial charge in [0, 0.05) is 33.8 Å². The SMILES string of the molecule is Nc1n[nH]c2ccc(-c3ccnc4[nH]c(-c5cc(F)c(CCCN6CCCCC6)c(F)c5)cc34)cc12. The number of nitrogen functional groups attached to an aromatic ring is 1. The quantitative estimate of drug-likeness (QED) is 0.273. The fourth-order valence-electron chi connectivity index (χ4n) is 5.30. The standard InChI is InChI=1S/C28H28F2N6/c29-23-14-18(15-24(30)20(23)5-4-12-36-10-2-1-3-11-36)26-16-21-19(8-9-32-28(21)33-26)17-6-7-25-22(13-17)27(31)35-34-25/h6-9,13-16H,1-5,10-12H2,(H,32,33)(H3,31,34,35). The third kappa shape index (κ3) is 4.22. The second-order valence-corrected chi connectivity index (χ2v) is 9.60. The monoisotopic (exact) mass is 486 g/mol. The summed E-state index contributed by atoms with van der Waals surface area (Å²) in [5.74, 6) is -0.568. The summed E-state index contributed by atoms with van der Waals surface area (Å²) in [6.45, 7) is 3.06. The molecular weight excluding hydrogens is 458 g/mol. The van der Waals surface area contributed by atoms with Crippen LogP contribution in [0.3, 0.4) is 0 Å². The first-order chi connectivity index (χ1) is 17.6. The second kappa shape index (κ2) is 9.35. The van der Waals surface area contributed by atoms with Crippen LogP contribution in [-0.4, -0.2) is 44.7 Å². The average Bonchev–Trinajstić information content (AvgIpc) is 3.49. The number of nitrogens with one attached hydrogen (secondary N) is 2. The van der Waals surface area contributed by atoms with E-state index in [4.69, 9.17) is 5.73 Å². The minimum atomic E-state index is -0.503. The minimum Gasteiger partial charge on any atom is -0.382 e. The normalized spacial score (nSPS) is 14.7. The largest absolute Gasteiger partial charge is 0.382 e. The van der Waals surface area contributed by atoms with Crippen LogP contribution in [0, 0.1) is 11.6 Å². The van der Waals surface area contributed by atoms with Crippen LogP contribution in [0.2, 0.25) is 0 Å². The molecule has 6 rings (SSSR count). The number of aromatic amines is 2. The number of hydrogen-bond acceptors (Lipinski definition) is 4. The van der Waals surface area contributed by atoms with Crippen LogP contribution in [0.15, 0.2) is 48.7 Å². The van der Waals surface area contributed by atoms with Gasteiger partial charge in [-0.15, -0.1) is 0 Å². The topological polar surface area (TPSA) is 86.6 Å². The average molecular weight is 487 g/mol. The van der Waals surface area contributed by atoms with E-state index < -0.39 is 11.6 Å². The molecule has 3 aromatic heterocycles. The molecule has 0 amide bonds. The number of nitrogens with two attached hydrogens (primary N) is 1. The number of halogens is 2. The lowest BCUT2D eigenvalue weighted by molar-refractivity contribution is 0.226. The van der Waals surface area contributed by atoms with Crippen molar-refractivity contribution in [3.8, 4) is 22.4 Å². The number of aromatic nitrogens is 4. The Morgan fingerprint density at radius 3 is 2.53 bits per heavy atom. The van der Waals surface area contributed by atoms with Gasteiger partial charge in [-0.2, -0.15) is 5.10 Å². The predicted molar refractivity (Wildman–Crippen MR) is 140 cm³/mol. The van der Waals surface area contributed by atoms with Crippen LogP contribution < -0.4 is 5.73 Å². The molecule has 184 valence electrons. The van der Waals surface area contributed by atoms with Crippen LogP contribution in [-0.2, 0) is 6.42 Å². The van der Waals surface area contributed by atoms with Crippen molar-refractivity contribution in [3.05, 3.63) is 65.9 Å². The zero-order valence-electron chi connectivity index (χ0n) is 20.0. The Kier molecular flexibility index (Phi) is 5.89. The third-order valence-electron chi connectivity index (χ3n) is 7.24. The van der Waals surface area contributed by atoms with Gasteiger partial charge in [0.25, 0.3) is 0 Å². The van der Waals surface area contributed by atoms with Crippen molar-refractivity contribution in [2.75, 3.05) is 25.4 Å². The molecule has 6 nitrogen and oxygen atoms in total. The first-order valence-corrected chi connectivity index (χ1v) is 12.5. The fraction of sp³-hybridized carbons (Fsp3) is 0.286. The number of nitrogens with zero attached hydrogens (tertiary/aromatic N) is 3. The first-order valence-electron chi connectivity index (χ1n) is 12.5. The van der Waals surface area contributed by atoms with Crippen molar-refractivity contribution in [2.45, 2.75) is 32.1 Å². The summed E-state index contributed by atoms with van der Waals surface area (Å²) in [7, 11) is 0. The van der Waals surface area contributed by atoms with E-state index in [2.05, 4.69) is 25.1 Å². The van der Waals surface area contributed by atoms with Gasteiger partial charge >= 0.3 is 0 Å². The molecule has 0 spiro atoms. The molecule has 1 aliphatic rings. The number of likely N-dealkylation sites (tertiary alicyclic amines) is 1. The van der Waals surface area contributed by atoms with E-state index in [1.165, 1.54) is 31.4 Å². The Hall–Kier alpha value is -3.78. The molecule has 0 radical (unpaired) electrons. The highest BCUT2D eigenvalue weighted by Crippen LogP contribution is 2.34. The number of fused-ring (bicyclic) bond motifs is 2. The Bertz CT molecular complexity index is 1520. The summed E-state index contributed by atoms with van der Waals surface area (Å²) in [6.07, 6.45) is 6.56. The maximum absolute atomic E-state index is 15.0. The van der Waals surface area contributed by atoms with Crippen LogP contribution in [0.1, 0.15) is 31.2 Å². The highest BCUT2D eigenvalue weighted by Gasteiger charge is 2.17. The van der Waals surface area contributed by atoms with Gasteiger partial charge in [0.15, 0.2) is 5.82 Å². The Balaban J connectivity index is 1.28. The van der Waals surface area contributed by atoms with Gasteiger partial charge in [0.1, 0.15) is 17.3 Å². The Labute approximate surface area is 207 Å². The summed E-state index contributed by atoms with van der Waals surface area (Å²) in [4.78, 5) is 10.1. The molecule has 0 saturated carbocycles. The smallest absolute Gasteiger partial charge is 0.153 e. The van der Waals surface area contributed by atoms with Gasteiger partial charge in [-0.25, -0.2) is 13.8 Å². The number of anilines is 1. The highest BCUT2D eigenvalue weighted by atomic mass is 19.1. The Morgan fingerprint density at radius 1 is 0.917 bits per heavy atom. The highest BCUT2D eigenvalue weighted by molar-refractivity contribution is 5.99. The van der Waals surface area contributed by atoms with Gasteiger partial charge in [-0.05, 0) is 92.8 Å². The van der Waals surface area contributed by atoms with E-state index in [1.807, 2.05) is 30.3 Å². The number of benzene rings is 2. The van der Waals surface area contributed by atoms with Crippen molar-refractivity contribution in [1.29, 1.82) is 0 Å². The summed E-state index contributed by atoms with van der Waals surface area (Å²) >= 11 is 0. The van der Waals surface area contributed by atoms with Crippen LogP contribution >= 0.6 is 0 Å². The van der Waals surface area contributed by atoms with Crippen LogP contribution in [0.5, 0.6) is 0 Å². The molecule has 4 N–H and O–H groups in total. The van der Waals surface area contributed by atoms with Crippen LogP contribution in [0.25, 0.3) is 44.3 Å². The van der Waals surface area contributed by atoms with E-state index in [-0.39, 0.29) is 5.56 Å². The minimum absolute atomic E-state index is 0.164. The predicted octanol–water partition coefficient (Wildman–Crippen LogP) is 6.05. The van der Waals surface area contributed by atoms with Crippen LogP contribution in [0.4, 0.5) is 14.6 Å². The summed E-state index contributed by atoms with van der Waals surface area (Å²) in [6, 6.07) is 12.5. The van der Waals surface area contributed by atoms with Crippen molar-refractivity contribution >= 4 is 27.8 Å². The van der Waals surface area contributed by atoms with Crippen molar-refractivity contribution in [2.24, 2.45) is 0 Å².